The van der Waals surface area contributed by atoms with Crippen molar-refractivity contribution in [2.45, 2.75) is 0 Å². The van der Waals surface area contributed by atoms with Crippen LogP contribution in [0, 0.1) is 0 Å². The Kier molecular flexibility index (Phi) is 4.04. The number of imidazole rings is 2. The Morgan fingerprint density at radius 2 is 1.41 bits per heavy atom. The third-order valence-corrected chi connectivity index (χ3v) is 6.02. The Labute approximate surface area is 194 Å². The highest BCUT2D eigenvalue weighted by atomic mass is 16.5. The van der Waals surface area contributed by atoms with Gasteiger partial charge in [0.25, 0.3) is 0 Å². The molecule has 0 radical (unpaired) electrons. The molecule has 6 heteroatoms. The Hall–Kier alpha value is -4.84. The fourth-order valence-corrected chi connectivity index (χ4v) is 4.55. The molecule has 0 atom stereocenters. The van der Waals surface area contributed by atoms with Crippen LogP contribution < -0.4 is 4.74 Å². The number of nitrogens with zero attached hydrogens (tertiary/aromatic N) is 5. The second kappa shape index (κ2) is 7.35. The van der Waals surface area contributed by atoms with Gasteiger partial charge in [-0.25, -0.2) is 9.67 Å². The molecule has 6 nitrogen and oxygen atoms in total. The van der Waals surface area contributed by atoms with E-state index in [4.69, 9.17) is 9.72 Å². The van der Waals surface area contributed by atoms with Gasteiger partial charge in [-0.3, -0.25) is 8.97 Å². The highest BCUT2D eigenvalue weighted by Gasteiger charge is 2.19. The summed E-state index contributed by atoms with van der Waals surface area (Å²) >= 11 is 0. The van der Waals surface area contributed by atoms with Gasteiger partial charge in [-0.2, -0.15) is 5.10 Å². The van der Waals surface area contributed by atoms with Crippen molar-refractivity contribution >= 4 is 27.8 Å². The number of benzene rings is 4. The number of ether oxygens (including phenoxy) is 1. The summed E-state index contributed by atoms with van der Waals surface area (Å²) in [6, 6.07) is 34.5. The Bertz CT molecular complexity index is 1780. The zero-order chi connectivity index (χ0) is 22.5. The van der Waals surface area contributed by atoms with E-state index in [-0.39, 0.29) is 0 Å². The molecule has 7 rings (SSSR count). The molecule has 0 N–H and O–H groups in total. The van der Waals surface area contributed by atoms with Crippen molar-refractivity contribution in [3.63, 3.8) is 0 Å². The Morgan fingerprint density at radius 1 is 0.647 bits per heavy atom. The van der Waals surface area contributed by atoms with Crippen LogP contribution in [0.5, 0.6) is 11.5 Å². The zero-order valence-corrected chi connectivity index (χ0v) is 18.1. The van der Waals surface area contributed by atoms with Gasteiger partial charge in [0.15, 0.2) is 5.75 Å². The summed E-state index contributed by atoms with van der Waals surface area (Å²) in [6.07, 6.45) is 3.67. The molecule has 162 valence electrons. The SMILES string of the molecule is c1ccc(-n2c3ccccc3n3c4cccc(Oc5cccc(-n6cccn6)c5)c4nc23)cc1. The highest BCUT2D eigenvalue weighted by Crippen LogP contribution is 2.34. The van der Waals surface area contributed by atoms with E-state index in [0.717, 1.165) is 45.0 Å². The molecule has 0 aliphatic rings. The Morgan fingerprint density at radius 3 is 2.26 bits per heavy atom. The van der Waals surface area contributed by atoms with E-state index in [9.17, 15) is 0 Å². The standard InChI is InChI=1S/C28H19N5O/c1-2-9-20(10-3-1)32-23-13-4-5-14-24(23)33-25-15-7-16-26(27(25)30-28(32)33)34-22-12-6-11-21(19-22)31-18-8-17-29-31/h1-19H. The zero-order valence-electron chi connectivity index (χ0n) is 18.1. The van der Waals surface area contributed by atoms with Crippen LogP contribution in [-0.2, 0) is 0 Å². The maximum absolute atomic E-state index is 6.36. The number of hydrogen-bond donors (Lipinski definition) is 0. The molecule has 7 aromatic rings. The van der Waals surface area contributed by atoms with E-state index in [1.807, 2.05) is 71.5 Å². The van der Waals surface area contributed by atoms with Gasteiger partial charge in [0.2, 0.25) is 5.78 Å². The minimum atomic E-state index is 0.711. The van der Waals surface area contributed by atoms with Gasteiger partial charge in [0.05, 0.1) is 22.2 Å². The number of para-hydroxylation sites is 4. The van der Waals surface area contributed by atoms with Crippen molar-refractivity contribution in [3.8, 4) is 22.9 Å². The average molecular weight is 441 g/mol. The second-order valence-corrected chi connectivity index (χ2v) is 8.08. The van der Waals surface area contributed by atoms with E-state index >= 15 is 0 Å². The van der Waals surface area contributed by atoms with Crippen molar-refractivity contribution in [2.75, 3.05) is 0 Å². The van der Waals surface area contributed by atoms with Gasteiger partial charge in [0, 0.05) is 24.1 Å². The molecular formula is C28H19N5O. The van der Waals surface area contributed by atoms with Crippen LogP contribution in [0.15, 0.2) is 116 Å². The second-order valence-electron chi connectivity index (χ2n) is 8.08. The minimum Gasteiger partial charge on any atom is -0.455 e. The van der Waals surface area contributed by atoms with E-state index in [1.165, 1.54) is 0 Å². The first-order chi connectivity index (χ1) is 16.9. The average Bonchev–Trinajstić information content (AvgIpc) is 3.61. The van der Waals surface area contributed by atoms with Crippen LogP contribution in [0.4, 0.5) is 0 Å². The van der Waals surface area contributed by atoms with Crippen LogP contribution in [0.25, 0.3) is 39.2 Å². The molecule has 0 aliphatic heterocycles. The first-order valence-corrected chi connectivity index (χ1v) is 11.1. The van der Waals surface area contributed by atoms with Crippen LogP contribution in [0.2, 0.25) is 0 Å². The lowest BCUT2D eigenvalue weighted by molar-refractivity contribution is 0.487. The lowest BCUT2D eigenvalue weighted by Gasteiger charge is -2.09. The summed E-state index contributed by atoms with van der Waals surface area (Å²) in [4.78, 5) is 5.08. The predicted molar refractivity (Wildman–Crippen MR) is 133 cm³/mol. The quantitative estimate of drug-likeness (QED) is 0.317. The molecule has 4 aromatic carbocycles. The smallest absolute Gasteiger partial charge is 0.220 e. The van der Waals surface area contributed by atoms with Crippen molar-refractivity contribution < 1.29 is 4.74 Å². The van der Waals surface area contributed by atoms with E-state index in [2.05, 4.69) is 56.5 Å². The van der Waals surface area contributed by atoms with Crippen molar-refractivity contribution in [2.24, 2.45) is 0 Å². The highest BCUT2D eigenvalue weighted by molar-refractivity contribution is 5.94. The topological polar surface area (TPSA) is 49.3 Å². The van der Waals surface area contributed by atoms with Gasteiger partial charge in [-0.1, -0.05) is 42.5 Å². The fourth-order valence-electron chi connectivity index (χ4n) is 4.55. The minimum absolute atomic E-state index is 0.711. The molecule has 0 unspecified atom stereocenters. The van der Waals surface area contributed by atoms with Gasteiger partial charge < -0.3 is 4.74 Å². The molecule has 0 aliphatic carbocycles. The summed E-state index contributed by atoms with van der Waals surface area (Å²) in [7, 11) is 0. The number of hydrogen-bond acceptors (Lipinski definition) is 3. The molecule has 3 heterocycles. The summed E-state index contributed by atoms with van der Waals surface area (Å²) in [5, 5.41) is 4.32. The van der Waals surface area contributed by atoms with Gasteiger partial charge >= 0.3 is 0 Å². The van der Waals surface area contributed by atoms with Crippen LogP contribution in [0.1, 0.15) is 0 Å². The molecule has 0 saturated heterocycles. The van der Waals surface area contributed by atoms with Crippen LogP contribution >= 0.6 is 0 Å². The molecular weight excluding hydrogens is 422 g/mol. The van der Waals surface area contributed by atoms with Crippen LogP contribution in [0.3, 0.4) is 0 Å². The molecule has 0 fully saturated rings. The van der Waals surface area contributed by atoms with Crippen LogP contribution in [-0.4, -0.2) is 23.7 Å². The monoisotopic (exact) mass is 441 g/mol. The molecule has 0 spiro atoms. The molecule has 0 bridgehead atoms. The normalized spacial score (nSPS) is 11.5. The first kappa shape index (κ1) is 18.7. The summed E-state index contributed by atoms with van der Waals surface area (Å²) in [5.41, 5.74) is 6.03. The van der Waals surface area contributed by atoms with E-state index in [0.29, 0.717) is 5.75 Å². The Balaban J connectivity index is 1.43. The fraction of sp³-hybridized carbons (Fsp3) is 0. The number of fused-ring (bicyclic) bond motifs is 5. The molecule has 0 amide bonds. The molecule has 3 aromatic heterocycles. The van der Waals surface area contributed by atoms with Gasteiger partial charge in [-0.05, 0) is 54.6 Å². The van der Waals surface area contributed by atoms with E-state index in [1.54, 1.807) is 6.20 Å². The van der Waals surface area contributed by atoms with Crippen molar-refractivity contribution in [1.29, 1.82) is 0 Å². The summed E-state index contributed by atoms with van der Waals surface area (Å²) < 4.78 is 12.6. The first-order valence-electron chi connectivity index (χ1n) is 11.1. The predicted octanol–water partition coefficient (Wildman–Crippen LogP) is 6.41. The third-order valence-electron chi connectivity index (χ3n) is 6.02. The van der Waals surface area contributed by atoms with Gasteiger partial charge in [-0.15, -0.1) is 0 Å². The molecule has 34 heavy (non-hydrogen) atoms. The maximum atomic E-state index is 6.36. The third kappa shape index (κ3) is 2.82. The van der Waals surface area contributed by atoms with E-state index < -0.39 is 0 Å². The van der Waals surface area contributed by atoms with Crippen molar-refractivity contribution in [1.82, 2.24) is 23.7 Å². The number of rotatable bonds is 4. The van der Waals surface area contributed by atoms with Crippen molar-refractivity contribution in [3.05, 3.63) is 116 Å². The maximum Gasteiger partial charge on any atom is 0.220 e. The lowest BCUT2D eigenvalue weighted by atomic mass is 10.2. The largest absolute Gasteiger partial charge is 0.455 e. The summed E-state index contributed by atoms with van der Waals surface area (Å²) in [6.45, 7) is 0. The number of aromatic nitrogens is 5. The summed E-state index contributed by atoms with van der Waals surface area (Å²) in [5.74, 6) is 2.29. The molecule has 0 saturated carbocycles. The van der Waals surface area contributed by atoms with Gasteiger partial charge in [0.1, 0.15) is 11.3 Å². The lowest BCUT2D eigenvalue weighted by Crippen LogP contribution is -1.95.